The van der Waals surface area contributed by atoms with Gasteiger partial charge < -0.3 is 14.4 Å². The summed E-state index contributed by atoms with van der Waals surface area (Å²) in [6.45, 7) is 19.5. The zero-order chi connectivity index (χ0) is 17.0. The van der Waals surface area contributed by atoms with Gasteiger partial charge in [-0.2, -0.15) is 0 Å². The lowest BCUT2D eigenvalue weighted by Crippen LogP contribution is -2.42. The molecule has 0 aromatic heterocycles. The molecule has 0 N–H and O–H groups in total. The van der Waals surface area contributed by atoms with E-state index in [2.05, 4.69) is 76.0 Å². The third-order valence-electron chi connectivity index (χ3n) is 4.15. The Balaban J connectivity index is 2.34. The minimum Gasteiger partial charge on any atom is -0.374 e. The van der Waals surface area contributed by atoms with Crippen LogP contribution in [-0.4, -0.2) is 46.0 Å². The third kappa shape index (κ3) is 9.04. The van der Waals surface area contributed by atoms with E-state index in [1.165, 1.54) is 25.9 Å². The third-order valence-corrected chi connectivity index (χ3v) is 4.37. The Bertz CT molecular complexity index is 328. The second-order valence-corrected chi connectivity index (χ2v) is 11.1. The lowest BCUT2D eigenvalue weighted by molar-refractivity contribution is -0.124. The molecule has 0 unspecified atom stereocenters. The molecule has 4 heteroatoms. The Labute approximate surface area is 151 Å². The van der Waals surface area contributed by atoms with Gasteiger partial charge in [0.25, 0.3) is 0 Å². The van der Waals surface area contributed by atoms with Crippen LogP contribution in [0.5, 0.6) is 0 Å². The van der Waals surface area contributed by atoms with Crippen LogP contribution >= 0.6 is 22.6 Å². The van der Waals surface area contributed by atoms with Crippen LogP contribution in [0.3, 0.4) is 0 Å². The Morgan fingerprint density at radius 3 is 2.05 bits per heavy atom. The van der Waals surface area contributed by atoms with E-state index in [-0.39, 0.29) is 14.8 Å². The van der Waals surface area contributed by atoms with Crippen molar-refractivity contribution >= 4 is 22.6 Å². The number of ether oxygens (including phenoxy) is 2. The van der Waals surface area contributed by atoms with Crippen molar-refractivity contribution in [2.24, 2.45) is 5.92 Å². The van der Waals surface area contributed by atoms with Crippen LogP contribution in [0, 0.1) is 5.92 Å². The molecule has 0 aromatic carbocycles. The fourth-order valence-corrected chi connectivity index (χ4v) is 4.10. The van der Waals surface area contributed by atoms with Gasteiger partial charge in [-0.15, -0.1) is 0 Å². The lowest BCUT2D eigenvalue weighted by atomic mass is 9.92. The van der Waals surface area contributed by atoms with Gasteiger partial charge in [-0.1, -0.05) is 6.92 Å². The standard InChI is InChI=1S/C18H36INO2/c1-15-8-10-20(11-9-15)12-13-21-16(2,3)14-17(4,5)22-18(6,7)19/h15H,8-14H2,1-7H3. The molecule has 1 heterocycles. The van der Waals surface area contributed by atoms with Gasteiger partial charge in [-0.05, 0) is 96.0 Å². The minimum atomic E-state index is -0.186. The van der Waals surface area contributed by atoms with E-state index in [1.54, 1.807) is 0 Å². The van der Waals surface area contributed by atoms with Crippen LogP contribution in [0.4, 0.5) is 0 Å². The smallest absolute Gasteiger partial charge is 0.114 e. The first-order valence-corrected chi connectivity index (χ1v) is 9.72. The second kappa shape index (κ2) is 8.13. The first kappa shape index (κ1) is 20.7. The van der Waals surface area contributed by atoms with Gasteiger partial charge >= 0.3 is 0 Å². The fraction of sp³-hybridized carbons (Fsp3) is 1.00. The monoisotopic (exact) mass is 425 g/mol. The number of hydrogen-bond donors (Lipinski definition) is 0. The van der Waals surface area contributed by atoms with E-state index >= 15 is 0 Å². The van der Waals surface area contributed by atoms with E-state index in [0.29, 0.717) is 0 Å². The number of rotatable bonds is 8. The molecule has 3 nitrogen and oxygen atoms in total. The largest absolute Gasteiger partial charge is 0.374 e. The molecule has 0 aliphatic carbocycles. The van der Waals surface area contributed by atoms with Crippen LogP contribution < -0.4 is 0 Å². The number of hydrogen-bond acceptors (Lipinski definition) is 3. The highest BCUT2D eigenvalue weighted by Crippen LogP contribution is 2.33. The topological polar surface area (TPSA) is 21.7 Å². The summed E-state index contributed by atoms with van der Waals surface area (Å²) in [5, 5.41) is 0. The van der Waals surface area contributed by atoms with Gasteiger partial charge in [0.15, 0.2) is 0 Å². The molecule has 1 fully saturated rings. The van der Waals surface area contributed by atoms with Crippen molar-refractivity contribution < 1.29 is 9.47 Å². The zero-order valence-electron chi connectivity index (χ0n) is 15.7. The molecule has 0 saturated carbocycles. The SMILES string of the molecule is CC1CCN(CCOC(C)(C)CC(C)(C)OC(C)(C)I)CC1. The van der Waals surface area contributed by atoms with Crippen molar-refractivity contribution in [1.29, 1.82) is 0 Å². The maximum atomic E-state index is 6.19. The summed E-state index contributed by atoms with van der Waals surface area (Å²) in [4.78, 5) is 2.53. The van der Waals surface area contributed by atoms with Gasteiger partial charge in [0.05, 0.1) is 17.8 Å². The predicted octanol–water partition coefficient (Wildman–Crippen LogP) is 4.87. The molecule has 0 bridgehead atoms. The molecule has 132 valence electrons. The zero-order valence-corrected chi connectivity index (χ0v) is 17.8. The van der Waals surface area contributed by atoms with Crippen molar-refractivity contribution in [2.45, 2.75) is 82.5 Å². The van der Waals surface area contributed by atoms with Crippen molar-refractivity contribution in [3.63, 3.8) is 0 Å². The van der Waals surface area contributed by atoms with E-state index in [1.807, 2.05) is 0 Å². The quantitative estimate of drug-likeness (QED) is 0.409. The molecule has 0 aromatic rings. The van der Waals surface area contributed by atoms with E-state index in [4.69, 9.17) is 9.47 Å². The van der Waals surface area contributed by atoms with Crippen molar-refractivity contribution in [3.05, 3.63) is 0 Å². The first-order valence-electron chi connectivity index (χ1n) is 8.64. The summed E-state index contributed by atoms with van der Waals surface area (Å²) >= 11 is 2.34. The van der Waals surface area contributed by atoms with Gasteiger partial charge in [0.2, 0.25) is 0 Å². The predicted molar refractivity (Wildman–Crippen MR) is 103 cm³/mol. The Morgan fingerprint density at radius 1 is 1.00 bits per heavy atom. The molecule has 0 radical (unpaired) electrons. The molecule has 1 rings (SSSR count). The Morgan fingerprint density at radius 2 is 1.55 bits per heavy atom. The van der Waals surface area contributed by atoms with E-state index in [9.17, 15) is 0 Å². The molecular weight excluding hydrogens is 389 g/mol. The lowest BCUT2D eigenvalue weighted by Gasteiger charge is -2.39. The summed E-state index contributed by atoms with van der Waals surface area (Å²) < 4.78 is 12.2. The van der Waals surface area contributed by atoms with Crippen LogP contribution in [0.15, 0.2) is 0 Å². The van der Waals surface area contributed by atoms with Crippen molar-refractivity contribution in [1.82, 2.24) is 4.90 Å². The van der Waals surface area contributed by atoms with Crippen molar-refractivity contribution in [2.75, 3.05) is 26.2 Å². The normalized spacial score (nSPS) is 19.6. The van der Waals surface area contributed by atoms with Gasteiger partial charge in [-0.3, -0.25) is 0 Å². The van der Waals surface area contributed by atoms with Gasteiger partial charge in [-0.25, -0.2) is 0 Å². The molecule has 0 atom stereocenters. The number of likely N-dealkylation sites (tertiary alicyclic amines) is 1. The summed E-state index contributed by atoms with van der Waals surface area (Å²) in [6, 6.07) is 0. The van der Waals surface area contributed by atoms with Gasteiger partial charge in [0, 0.05) is 13.0 Å². The average Bonchev–Trinajstić information content (AvgIpc) is 2.26. The molecule has 1 aliphatic heterocycles. The maximum absolute atomic E-state index is 6.19. The highest BCUT2D eigenvalue weighted by atomic mass is 127. The molecular formula is C18H36INO2. The second-order valence-electron chi connectivity index (χ2n) is 8.53. The summed E-state index contributed by atoms with van der Waals surface area (Å²) in [5.41, 5.74) is -0.344. The van der Waals surface area contributed by atoms with Gasteiger partial charge in [0.1, 0.15) is 3.61 Å². The number of piperidine rings is 1. The summed E-state index contributed by atoms with van der Waals surface area (Å²) in [7, 11) is 0. The summed E-state index contributed by atoms with van der Waals surface area (Å²) in [5.74, 6) is 0.892. The fourth-order valence-electron chi connectivity index (χ4n) is 3.51. The molecule has 0 amide bonds. The number of nitrogens with zero attached hydrogens (tertiary/aromatic N) is 1. The van der Waals surface area contributed by atoms with Crippen LogP contribution in [0.25, 0.3) is 0 Å². The Kier molecular flexibility index (Phi) is 7.63. The molecule has 1 saturated heterocycles. The number of halogens is 1. The number of alkyl halides is 1. The molecule has 1 aliphatic rings. The van der Waals surface area contributed by atoms with Crippen LogP contribution in [0.1, 0.15) is 67.7 Å². The van der Waals surface area contributed by atoms with E-state index in [0.717, 1.165) is 25.5 Å². The maximum Gasteiger partial charge on any atom is 0.114 e. The van der Waals surface area contributed by atoms with Crippen LogP contribution in [-0.2, 0) is 9.47 Å². The highest BCUT2D eigenvalue weighted by molar-refractivity contribution is 14.1. The average molecular weight is 425 g/mol. The van der Waals surface area contributed by atoms with E-state index < -0.39 is 0 Å². The molecule has 22 heavy (non-hydrogen) atoms. The first-order chi connectivity index (χ1) is 9.89. The molecule has 0 spiro atoms. The highest BCUT2D eigenvalue weighted by Gasteiger charge is 2.34. The summed E-state index contributed by atoms with van der Waals surface area (Å²) in [6.07, 6.45) is 3.55. The van der Waals surface area contributed by atoms with Crippen LogP contribution in [0.2, 0.25) is 0 Å². The van der Waals surface area contributed by atoms with Crippen molar-refractivity contribution in [3.8, 4) is 0 Å². The minimum absolute atomic E-state index is 0.151. The Hall–Kier alpha value is 0.610.